The number of imide groups is 1. The van der Waals surface area contributed by atoms with Crippen LogP contribution in [-0.2, 0) is 14.3 Å². The van der Waals surface area contributed by atoms with E-state index < -0.39 is 24.6 Å². The van der Waals surface area contributed by atoms with E-state index in [0.29, 0.717) is 0 Å². The Kier molecular flexibility index (Phi) is 5.30. The van der Waals surface area contributed by atoms with Crippen molar-refractivity contribution in [1.82, 2.24) is 10.3 Å². The number of nitrogens with zero attached hydrogens (tertiary/aromatic N) is 1. The minimum Gasteiger partial charge on any atom is -0.452 e. The van der Waals surface area contributed by atoms with Crippen LogP contribution in [0.3, 0.4) is 0 Å². The van der Waals surface area contributed by atoms with Gasteiger partial charge in [-0.15, -0.1) is 0 Å². The zero-order chi connectivity index (χ0) is 13.4. The summed E-state index contributed by atoms with van der Waals surface area (Å²) in [5.74, 6) is -1.42. The van der Waals surface area contributed by atoms with Crippen molar-refractivity contribution in [3.8, 4) is 0 Å². The highest BCUT2D eigenvalue weighted by Crippen LogP contribution is 1.98. The second-order valence-corrected chi connectivity index (χ2v) is 3.08. The van der Waals surface area contributed by atoms with Gasteiger partial charge in [-0.25, -0.2) is 9.59 Å². The van der Waals surface area contributed by atoms with Crippen LogP contribution < -0.4 is 5.32 Å². The number of nitrogens with one attached hydrogen (secondary N) is 1. The summed E-state index contributed by atoms with van der Waals surface area (Å²) < 4.78 is 9.17. The number of alkyl carbamates (subject to hydrolysis) is 1. The van der Waals surface area contributed by atoms with Gasteiger partial charge in [0.25, 0.3) is 5.91 Å². The molecule has 1 heterocycles. The molecule has 0 unspecified atom stereocenters. The van der Waals surface area contributed by atoms with Crippen molar-refractivity contribution in [3.05, 3.63) is 30.1 Å². The SMILES string of the molecule is CCOC(=O)NC(=O)COC(=O)c1ccncc1. The molecule has 0 spiro atoms. The van der Waals surface area contributed by atoms with Gasteiger partial charge < -0.3 is 9.47 Å². The number of ether oxygens (including phenoxy) is 2. The largest absolute Gasteiger partial charge is 0.452 e. The minimum absolute atomic E-state index is 0.149. The van der Waals surface area contributed by atoms with Gasteiger partial charge in [-0.2, -0.15) is 0 Å². The van der Waals surface area contributed by atoms with Crippen LogP contribution in [0.5, 0.6) is 0 Å². The lowest BCUT2D eigenvalue weighted by Gasteiger charge is -2.05. The topological polar surface area (TPSA) is 94.6 Å². The predicted octanol–water partition coefficient (Wildman–Crippen LogP) is 0.511. The van der Waals surface area contributed by atoms with E-state index in [1.165, 1.54) is 24.5 Å². The van der Waals surface area contributed by atoms with Gasteiger partial charge in [-0.3, -0.25) is 15.1 Å². The van der Waals surface area contributed by atoms with Gasteiger partial charge in [0, 0.05) is 12.4 Å². The number of pyridine rings is 1. The van der Waals surface area contributed by atoms with Crippen molar-refractivity contribution in [2.24, 2.45) is 0 Å². The van der Waals surface area contributed by atoms with Crippen LogP contribution in [0.2, 0.25) is 0 Å². The second kappa shape index (κ2) is 7.00. The first kappa shape index (κ1) is 13.6. The highest BCUT2D eigenvalue weighted by atomic mass is 16.6. The third-order valence-electron chi connectivity index (χ3n) is 1.77. The Morgan fingerprint density at radius 3 is 2.50 bits per heavy atom. The van der Waals surface area contributed by atoms with E-state index >= 15 is 0 Å². The van der Waals surface area contributed by atoms with Crippen LogP contribution in [0.1, 0.15) is 17.3 Å². The predicted molar refractivity (Wildman–Crippen MR) is 59.7 cm³/mol. The van der Waals surface area contributed by atoms with Gasteiger partial charge in [0.1, 0.15) is 0 Å². The number of amides is 2. The van der Waals surface area contributed by atoms with Gasteiger partial charge in [-0.1, -0.05) is 0 Å². The van der Waals surface area contributed by atoms with E-state index in [2.05, 4.69) is 14.5 Å². The fraction of sp³-hybridized carbons (Fsp3) is 0.273. The van der Waals surface area contributed by atoms with Gasteiger partial charge in [0.2, 0.25) is 0 Å². The number of aromatic nitrogens is 1. The Hall–Kier alpha value is -2.44. The molecule has 0 saturated carbocycles. The molecule has 7 heteroatoms. The molecule has 0 radical (unpaired) electrons. The average molecular weight is 252 g/mol. The van der Waals surface area contributed by atoms with Crippen molar-refractivity contribution in [3.63, 3.8) is 0 Å². The van der Waals surface area contributed by atoms with Crippen LogP contribution >= 0.6 is 0 Å². The van der Waals surface area contributed by atoms with Crippen LogP contribution in [0, 0.1) is 0 Å². The molecule has 0 aliphatic heterocycles. The maximum absolute atomic E-state index is 11.4. The first-order chi connectivity index (χ1) is 8.63. The summed E-state index contributed by atoms with van der Waals surface area (Å²) in [6.07, 6.45) is 1.98. The smallest absolute Gasteiger partial charge is 0.413 e. The molecule has 1 aromatic rings. The van der Waals surface area contributed by atoms with Crippen molar-refractivity contribution < 1.29 is 23.9 Å². The number of carbonyl (C=O) groups is 3. The number of carbonyl (C=O) groups excluding carboxylic acids is 3. The lowest BCUT2D eigenvalue weighted by Crippen LogP contribution is -2.34. The number of rotatable bonds is 4. The molecule has 0 atom stereocenters. The van der Waals surface area contributed by atoms with Crippen molar-refractivity contribution in [2.75, 3.05) is 13.2 Å². The molecule has 2 amide bonds. The molecule has 0 bridgehead atoms. The van der Waals surface area contributed by atoms with E-state index in [-0.39, 0.29) is 12.2 Å². The third-order valence-corrected chi connectivity index (χ3v) is 1.77. The number of hydrogen-bond acceptors (Lipinski definition) is 6. The molecular weight excluding hydrogens is 240 g/mol. The Morgan fingerprint density at radius 2 is 1.89 bits per heavy atom. The fourth-order valence-corrected chi connectivity index (χ4v) is 1.02. The summed E-state index contributed by atoms with van der Waals surface area (Å²) in [5.41, 5.74) is 0.272. The summed E-state index contributed by atoms with van der Waals surface area (Å²) in [6.45, 7) is 1.20. The van der Waals surface area contributed by atoms with E-state index in [1.807, 2.05) is 5.32 Å². The first-order valence-corrected chi connectivity index (χ1v) is 5.17. The van der Waals surface area contributed by atoms with Gasteiger partial charge in [0.15, 0.2) is 6.61 Å². The second-order valence-electron chi connectivity index (χ2n) is 3.08. The molecular formula is C11H12N2O5. The lowest BCUT2D eigenvalue weighted by molar-refractivity contribution is -0.123. The maximum Gasteiger partial charge on any atom is 0.413 e. The van der Waals surface area contributed by atoms with Gasteiger partial charge >= 0.3 is 12.1 Å². The van der Waals surface area contributed by atoms with Crippen LogP contribution in [-0.4, -0.2) is 36.2 Å². The molecule has 0 fully saturated rings. The highest BCUT2D eigenvalue weighted by Gasteiger charge is 2.12. The highest BCUT2D eigenvalue weighted by molar-refractivity contribution is 5.95. The zero-order valence-corrected chi connectivity index (χ0v) is 9.71. The van der Waals surface area contributed by atoms with E-state index in [9.17, 15) is 14.4 Å². The molecule has 1 rings (SSSR count). The van der Waals surface area contributed by atoms with Gasteiger partial charge in [0.05, 0.1) is 12.2 Å². The molecule has 0 aliphatic carbocycles. The monoisotopic (exact) mass is 252 g/mol. The summed E-state index contributed by atoms with van der Waals surface area (Å²) in [6, 6.07) is 2.90. The lowest BCUT2D eigenvalue weighted by atomic mass is 10.3. The third kappa shape index (κ3) is 4.60. The van der Waals surface area contributed by atoms with Crippen molar-refractivity contribution in [2.45, 2.75) is 6.92 Å². The quantitative estimate of drug-likeness (QED) is 0.784. The summed E-state index contributed by atoms with van der Waals surface area (Å²) in [7, 11) is 0. The molecule has 18 heavy (non-hydrogen) atoms. The number of esters is 1. The molecule has 1 aromatic heterocycles. The Balaban J connectivity index is 2.35. The average Bonchev–Trinajstić information content (AvgIpc) is 2.37. The molecule has 0 aliphatic rings. The standard InChI is InChI=1S/C11H12N2O5/c1-2-17-11(16)13-9(14)7-18-10(15)8-3-5-12-6-4-8/h3-6H,2,7H2,1H3,(H,13,14,16). The van der Waals surface area contributed by atoms with Crippen LogP contribution in [0.25, 0.3) is 0 Å². The van der Waals surface area contributed by atoms with E-state index in [0.717, 1.165) is 0 Å². The van der Waals surface area contributed by atoms with E-state index in [1.54, 1.807) is 6.92 Å². The van der Waals surface area contributed by atoms with Crippen LogP contribution in [0.4, 0.5) is 4.79 Å². The minimum atomic E-state index is -0.873. The van der Waals surface area contributed by atoms with Crippen LogP contribution in [0.15, 0.2) is 24.5 Å². The van der Waals surface area contributed by atoms with Crippen molar-refractivity contribution in [1.29, 1.82) is 0 Å². The molecule has 0 aromatic carbocycles. The first-order valence-electron chi connectivity index (χ1n) is 5.17. The molecule has 1 N–H and O–H groups in total. The zero-order valence-electron chi connectivity index (χ0n) is 9.71. The fourth-order valence-electron chi connectivity index (χ4n) is 1.02. The summed E-state index contributed by atoms with van der Waals surface area (Å²) in [4.78, 5) is 37.2. The molecule has 7 nitrogen and oxygen atoms in total. The Morgan fingerprint density at radius 1 is 1.22 bits per heavy atom. The molecule has 0 saturated heterocycles. The Bertz CT molecular complexity index is 432. The number of hydrogen-bond donors (Lipinski definition) is 1. The summed E-state index contributed by atoms with van der Waals surface area (Å²) >= 11 is 0. The van der Waals surface area contributed by atoms with E-state index in [4.69, 9.17) is 0 Å². The molecule has 96 valence electrons. The summed E-state index contributed by atoms with van der Waals surface area (Å²) in [5, 5.41) is 1.90. The normalized spacial score (nSPS) is 9.39. The van der Waals surface area contributed by atoms with Gasteiger partial charge in [-0.05, 0) is 19.1 Å². The maximum atomic E-state index is 11.4. The van der Waals surface area contributed by atoms with Crippen molar-refractivity contribution >= 4 is 18.0 Å². The Labute approximate surface area is 103 Å².